The maximum atomic E-state index is 13.4. The van der Waals surface area contributed by atoms with Crippen molar-refractivity contribution in [1.29, 1.82) is 0 Å². The Morgan fingerprint density at radius 3 is 1.75 bits per heavy atom. The van der Waals surface area contributed by atoms with E-state index in [-0.39, 0.29) is 34.1 Å². The lowest BCUT2D eigenvalue weighted by atomic mass is 9.86. The summed E-state index contributed by atoms with van der Waals surface area (Å²) in [7, 11) is 3.71. The van der Waals surface area contributed by atoms with Crippen LogP contribution in [0.1, 0.15) is 54.2 Å². The molecule has 0 heterocycles. The molecule has 1 N–H and O–H groups in total. The smallest absolute Gasteiger partial charge is 0.416 e. The Kier molecular flexibility index (Phi) is 10.1. The summed E-state index contributed by atoms with van der Waals surface area (Å²) in [5.74, 6) is -0.571. The second-order valence-electron chi connectivity index (χ2n) is 11.3. The van der Waals surface area contributed by atoms with Crippen molar-refractivity contribution >= 4 is 23.1 Å². The number of carbonyl (C=O) groups is 1. The molecular weight excluding hydrogens is 582 g/mol. The third kappa shape index (κ3) is 8.55. The molecule has 0 spiro atoms. The number of halogens is 6. The van der Waals surface area contributed by atoms with E-state index >= 15 is 0 Å². The lowest BCUT2D eigenvalue weighted by Crippen LogP contribution is -2.25. The number of anilines is 1. The van der Waals surface area contributed by atoms with Crippen molar-refractivity contribution in [3.63, 3.8) is 0 Å². The van der Waals surface area contributed by atoms with Gasteiger partial charge in [0.1, 0.15) is 11.5 Å². The van der Waals surface area contributed by atoms with E-state index in [0.717, 1.165) is 11.3 Å². The second kappa shape index (κ2) is 13.0. The van der Waals surface area contributed by atoms with Crippen molar-refractivity contribution in [3.05, 3.63) is 125 Å². The van der Waals surface area contributed by atoms with Gasteiger partial charge in [-0.1, -0.05) is 64.3 Å². The molecule has 1 amide bonds. The number of hydrogen-bond donors (Lipinski definition) is 1. The normalized spacial score (nSPS) is 12.7. The highest BCUT2D eigenvalue weighted by Gasteiger charge is 2.37. The molecule has 0 saturated carbocycles. The average molecular weight is 617 g/mol. The van der Waals surface area contributed by atoms with Crippen LogP contribution in [0.4, 0.5) is 32.0 Å². The largest absolute Gasteiger partial charge is 0.456 e. The highest BCUT2D eigenvalue weighted by molar-refractivity contribution is 6.03. The quantitative estimate of drug-likeness (QED) is 0.113. The van der Waals surface area contributed by atoms with Gasteiger partial charge in [0.25, 0.3) is 5.91 Å². The van der Waals surface area contributed by atoms with Gasteiger partial charge in [0.2, 0.25) is 0 Å². The van der Waals surface area contributed by atoms with E-state index in [1.54, 1.807) is 24.3 Å². The van der Waals surface area contributed by atoms with Gasteiger partial charge in [-0.05, 0) is 59.0 Å². The molecule has 0 atom stereocenters. The SMILES string of the molecule is C=C/C(C(=O)NCc1cc(C(F)(F)F)cc(C(F)(F)F)c1)=C(\OC(=C)c1ccc(C(C)(C)C)cc1)c1ccc(N(C)C)cc1. The van der Waals surface area contributed by atoms with E-state index in [4.69, 9.17) is 4.74 Å². The highest BCUT2D eigenvalue weighted by atomic mass is 19.4. The number of alkyl halides is 6. The topological polar surface area (TPSA) is 41.6 Å². The van der Waals surface area contributed by atoms with Crippen molar-refractivity contribution in [2.75, 3.05) is 19.0 Å². The fourth-order valence-corrected chi connectivity index (χ4v) is 4.21. The van der Waals surface area contributed by atoms with Crippen molar-refractivity contribution in [2.45, 2.75) is 45.1 Å². The van der Waals surface area contributed by atoms with E-state index in [1.165, 1.54) is 6.08 Å². The van der Waals surface area contributed by atoms with Crippen molar-refractivity contribution in [3.8, 4) is 0 Å². The predicted octanol–water partition coefficient (Wildman–Crippen LogP) is 8.99. The van der Waals surface area contributed by atoms with Crippen molar-refractivity contribution < 1.29 is 35.9 Å². The number of amides is 1. The maximum Gasteiger partial charge on any atom is 0.416 e. The van der Waals surface area contributed by atoms with Crippen LogP contribution in [0.5, 0.6) is 0 Å². The number of carbonyl (C=O) groups excluding carboxylic acids is 1. The van der Waals surface area contributed by atoms with Gasteiger partial charge >= 0.3 is 12.4 Å². The second-order valence-corrected chi connectivity index (χ2v) is 11.3. The van der Waals surface area contributed by atoms with Crippen LogP contribution < -0.4 is 10.2 Å². The maximum absolute atomic E-state index is 13.4. The van der Waals surface area contributed by atoms with Crippen LogP contribution in [0, 0.1) is 0 Å². The standard InChI is InChI=1S/C34H34F6N2O2/c1-8-29(31(43)41-20-22-17-26(33(35,36)37)19-27(18-22)34(38,39)40)30(24-11-15-28(16-12-24)42(6)7)44-21(2)23-9-13-25(14-10-23)32(3,4)5/h8-19H,1-2,20H2,3-7H3,(H,41,43)/b30-29+. The minimum Gasteiger partial charge on any atom is -0.456 e. The van der Waals surface area contributed by atoms with Crippen LogP contribution in [0.3, 0.4) is 0 Å². The first-order chi connectivity index (χ1) is 20.3. The Labute approximate surface area is 253 Å². The molecule has 4 nitrogen and oxygen atoms in total. The van der Waals surface area contributed by atoms with Gasteiger partial charge < -0.3 is 15.0 Å². The lowest BCUT2D eigenvalue weighted by Gasteiger charge is -2.20. The lowest BCUT2D eigenvalue weighted by molar-refractivity contribution is -0.143. The molecule has 234 valence electrons. The summed E-state index contributed by atoms with van der Waals surface area (Å²) in [6, 6.07) is 15.7. The zero-order valence-electron chi connectivity index (χ0n) is 25.1. The minimum absolute atomic E-state index is 0.0311. The zero-order valence-corrected chi connectivity index (χ0v) is 25.1. The fraction of sp³-hybridized carbons (Fsp3) is 0.265. The zero-order chi connectivity index (χ0) is 33.0. The van der Waals surface area contributed by atoms with Gasteiger partial charge in [0.05, 0.1) is 16.7 Å². The number of nitrogens with zero attached hydrogens (tertiary/aromatic N) is 1. The molecule has 0 saturated heterocycles. The summed E-state index contributed by atoms with van der Waals surface area (Å²) in [5.41, 5.74) is -0.487. The van der Waals surface area contributed by atoms with E-state index in [1.807, 2.05) is 43.3 Å². The van der Waals surface area contributed by atoms with Crippen LogP contribution in [-0.2, 0) is 33.8 Å². The summed E-state index contributed by atoms with van der Waals surface area (Å²) in [5, 5.41) is 2.40. The Hall–Kier alpha value is -4.47. The molecule has 44 heavy (non-hydrogen) atoms. The van der Waals surface area contributed by atoms with Gasteiger partial charge in [0, 0.05) is 37.5 Å². The van der Waals surface area contributed by atoms with Crippen molar-refractivity contribution in [1.82, 2.24) is 5.32 Å². The van der Waals surface area contributed by atoms with Gasteiger partial charge in [-0.25, -0.2) is 0 Å². The molecule has 0 bridgehead atoms. The molecule has 3 rings (SSSR count). The first-order valence-electron chi connectivity index (χ1n) is 13.5. The highest BCUT2D eigenvalue weighted by Crippen LogP contribution is 2.36. The van der Waals surface area contributed by atoms with Crippen LogP contribution in [0.25, 0.3) is 11.5 Å². The Balaban J connectivity index is 2.01. The summed E-state index contributed by atoms with van der Waals surface area (Å²) in [4.78, 5) is 15.2. The summed E-state index contributed by atoms with van der Waals surface area (Å²) >= 11 is 0. The Morgan fingerprint density at radius 1 is 0.818 bits per heavy atom. The van der Waals surface area contributed by atoms with Gasteiger partial charge in [-0.15, -0.1) is 0 Å². The first-order valence-corrected chi connectivity index (χ1v) is 13.5. The Morgan fingerprint density at radius 2 is 1.32 bits per heavy atom. The fourth-order valence-electron chi connectivity index (χ4n) is 4.21. The first kappa shape index (κ1) is 34.0. The van der Waals surface area contributed by atoms with Gasteiger partial charge in [-0.3, -0.25) is 4.79 Å². The van der Waals surface area contributed by atoms with Gasteiger partial charge in [-0.2, -0.15) is 26.3 Å². The predicted molar refractivity (Wildman–Crippen MR) is 161 cm³/mol. The third-order valence-electron chi connectivity index (χ3n) is 6.74. The number of rotatable bonds is 9. The summed E-state index contributed by atoms with van der Waals surface area (Å²) in [6.07, 6.45) is -8.83. The molecular formula is C34H34F6N2O2. The molecule has 0 aliphatic carbocycles. The van der Waals surface area contributed by atoms with Gasteiger partial charge in [0.15, 0.2) is 0 Å². The van der Waals surface area contributed by atoms with E-state index in [2.05, 4.69) is 39.2 Å². The summed E-state index contributed by atoms with van der Waals surface area (Å²) < 4.78 is 86.1. The number of hydrogen-bond acceptors (Lipinski definition) is 3. The molecule has 0 aliphatic heterocycles. The molecule has 3 aromatic rings. The molecule has 10 heteroatoms. The number of ether oxygens (including phenoxy) is 1. The van der Waals surface area contributed by atoms with E-state index in [9.17, 15) is 31.1 Å². The molecule has 3 aromatic carbocycles. The van der Waals surface area contributed by atoms with E-state index < -0.39 is 35.9 Å². The van der Waals surface area contributed by atoms with Crippen LogP contribution >= 0.6 is 0 Å². The molecule has 0 unspecified atom stereocenters. The van der Waals surface area contributed by atoms with Crippen LogP contribution in [-0.4, -0.2) is 20.0 Å². The molecule has 0 fully saturated rings. The average Bonchev–Trinajstić information content (AvgIpc) is 2.94. The summed E-state index contributed by atoms with van der Waals surface area (Å²) in [6.45, 7) is 13.3. The van der Waals surface area contributed by atoms with Crippen molar-refractivity contribution in [2.24, 2.45) is 0 Å². The monoisotopic (exact) mass is 616 g/mol. The molecule has 0 aromatic heterocycles. The molecule has 0 aliphatic rings. The molecule has 0 radical (unpaired) electrons. The van der Waals surface area contributed by atoms with E-state index in [0.29, 0.717) is 23.3 Å². The van der Waals surface area contributed by atoms with Crippen LogP contribution in [0.15, 0.2) is 91.5 Å². The third-order valence-corrected chi connectivity index (χ3v) is 6.74. The van der Waals surface area contributed by atoms with Crippen LogP contribution in [0.2, 0.25) is 0 Å². The number of benzene rings is 3. The number of nitrogens with one attached hydrogen (secondary N) is 1. The Bertz CT molecular complexity index is 1510. The minimum atomic E-state index is -5.02.